The molecule has 4 heteroatoms. The molecule has 86 valence electrons. The standard InChI is InChI=1S/C13H13N3S/c1-7-4-5-17-12(7)11-8(2)9(3)16-13(15)10(11)6-14/h4-5H,1-3H3,(H2,15,16). The number of anilines is 1. The van der Waals surface area contributed by atoms with Gasteiger partial charge < -0.3 is 5.73 Å². The zero-order chi connectivity index (χ0) is 12.6. The van der Waals surface area contributed by atoms with E-state index in [1.54, 1.807) is 11.3 Å². The van der Waals surface area contributed by atoms with E-state index in [1.165, 1.54) is 5.56 Å². The molecule has 2 aromatic heterocycles. The Kier molecular flexibility index (Phi) is 2.86. The third-order valence-corrected chi connectivity index (χ3v) is 3.95. The second-order valence-electron chi connectivity index (χ2n) is 4.00. The number of aromatic nitrogens is 1. The number of hydrogen-bond acceptors (Lipinski definition) is 4. The molecule has 0 fully saturated rings. The van der Waals surface area contributed by atoms with Crippen LogP contribution in [0.5, 0.6) is 0 Å². The van der Waals surface area contributed by atoms with E-state index in [4.69, 9.17) is 5.73 Å². The van der Waals surface area contributed by atoms with Gasteiger partial charge in [0.1, 0.15) is 17.5 Å². The highest BCUT2D eigenvalue weighted by Crippen LogP contribution is 2.36. The van der Waals surface area contributed by atoms with Crippen molar-refractivity contribution >= 4 is 17.2 Å². The third-order valence-electron chi connectivity index (χ3n) is 2.91. The second kappa shape index (κ2) is 4.19. The van der Waals surface area contributed by atoms with Crippen molar-refractivity contribution in [2.75, 3.05) is 5.73 Å². The molecule has 0 aliphatic carbocycles. The highest BCUT2D eigenvalue weighted by molar-refractivity contribution is 7.13. The van der Waals surface area contributed by atoms with Crippen molar-refractivity contribution in [3.05, 3.63) is 33.8 Å². The van der Waals surface area contributed by atoms with Crippen molar-refractivity contribution in [2.24, 2.45) is 0 Å². The summed E-state index contributed by atoms with van der Waals surface area (Å²) in [4.78, 5) is 5.31. The van der Waals surface area contributed by atoms with Gasteiger partial charge in [0.25, 0.3) is 0 Å². The minimum Gasteiger partial charge on any atom is -0.383 e. The van der Waals surface area contributed by atoms with Gasteiger partial charge >= 0.3 is 0 Å². The summed E-state index contributed by atoms with van der Waals surface area (Å²) in [6.45, 7) is 5.94. The fraction of sp³-hybridized carbons (Fsp3) is 0.231. The van der Waals surface area contributed by atoms with Crippen LogP contribution in [-0.4, -0.2) is 4.98 Å². The molecule has 2 rings (SSSR count). The lowest BCUT2D eigenvalue weighted by molar-refractivity contribution is 1.15. The summed E-state index contributed by atoms with van der Waals surface area (Å²) in [5.41, 5.74) is 10.3. The number of rotatable bonds is 1. The van der Waals surface area contributed by atoms with Crippen LogP contribution in [0, 0.1) is 32.1 Å². The molecule has 3 nitrogen and oxygen atoms in total. The number of nitrogen functional groups attached to an aromatic ring is 1. The topological polar surface area (TPSA) is 62.7 Å². The van der Waals surface area contributed by atoms with Crippen LogP contribution < -0.4 is 5.73 Å². The van der Waals surface area contributed by atoms with Gasteiger partial charge in [0, 0.05) is 16.1 Å². The molecule has 0 aliphatic rings. The van der Waals surface area contributed by atoms with Crippen LogP contribution in [0.25, 0.3) is 10.4 Å². The Labute approximate surface area is 105 Å². The molecular formula is C13H13N3S. The average Bonchev–Trinajstić information content (AvgIpc) is 2.69. The van der Waals surface area contributed by atoms with Crippen molar-refractivity contribution in [1.29, 1.82) is 5.26 Å². The number of aryl methyl sites for hydroxylation is 2. The smallest absolute Gasteiger partial charge is 0.142 e. The zero-order valence-electron chi connectivity index (χ0n) is 10.0. The lowest BCUT2D eigenvalue weighted by atomic mass is 9.99. The third kappa shape index (κ3) is 1.79. The van der Waals surface area contributed by atoms with Crippen molar-refractivity contribution < 1.29 is 0 Å². The van der Waals surface area contributed by atoms with Crippen LogP contribution in [0.4, 0.5) is 5.82 Å². The molecule has 17 heavy (non-hydrogen) atoms. The van der Waals surface area contributed by atoms with Crippen LogP contribution in [0.1, 0.15) is 22.4 Å². The Morgan fingerprint density at radius 1 is 1.35 bits per heavy atom. The number of pyridine rings is 1. The number of nitrogens with two attached hydrogens (primary N) is 1. The molecule has 0 saturated heterocycles. The summed E-state index contributed by atoms with van der Waals surface area (Å²) < 4.78 is 0. The van der Waals surface area contributed by atoms with E-state index in [9.17, 15) is 5.26 Å². The van der Waals surface area contributed by atoms with E-state index in [-0.39, 0.29) is 0 Å². The first kappa shape index (κ1) is 11.6. The van der Waals surface area contributed by atoms with Crippen molar-refractivity contribution in [2.45, 2.75) is 20.8 Å². The van der Waals surface area contributed by atoms with Gasteiger partial charge in [-0.1, -0.05) is 0 Å². The van der Waals surface area contributed by atoms with Gasteiger partial charge in [0.2, 0.25) is 0 Å². The largest absolute Gasteiger partial charge is 0.383 e. The molecule has 0 amide bonds. The average molecular weight is 243 g/mol. The Morgan fingerprint density at radius 3 is 2.59 bits per heavy atom. The molecule has 0 aliphatic heterocycles. The van der Waals surface area contributed by atoms with E-state index < -0.39 is 0 Å². The minimum absolute atomic E-state index is 0.318. The molecule has 0 spiro atoms. The van der Waals surface area contributed by atoms with Crippen LogP contribution in [0.3, 0.4) is 0 Å². The molecule has 0 radical (unpaired) electrons. The van der Waals surface area contributed by atoms with Crippen molar-refractivity contribution in [3.63, 3.8) is 0 Å². The summed E-state index contributed by atoms with van der Waals surface area (Å²) in [5, 5.41) is 11.3. The molecule has 0 saturated carbocycles. The van der Waals surface area contributed by atoms with Crippen molar-refractivity contribution in [3.8, 4) is 16.5 Å². The number of nitriles is 1. The minimum atomic E-state index is 0.318. The lowest BCUT2D eigenvalue weighted by Crippen LogP contribution is -2.02. The molecule has 2 N–H and O–H groups in total. The number of thiophene rings is 1. The fourth-order valence-electron chi connectivity index (χ4n) is 1.84. The summed E-state index contributed by atoms with van der Waals surface area (Å²) in [6.07, 6.45) is 0. The van der Waals surface area contributed by atoms with E-state index in [0.29, 0.717) is 11.4 Å². The quantitative estimate of drug-likeness (QED) is 0.836. The van der Waals surface area contributed by atoms with Gasteiger partial charge in [0.05, 0.1) is 0 Å². The Morgan fingerprint density at radius 2 is 2.06 bits per heavy atom. The highest BCUT2D eigenvalue weighted by Gasteiger charge is 2.17. The Hall–Kier alpha value is -1.86. The van der Waals surface area contributed by atoms with E-state index >= 15 is 0 Å². The lowest BCUT2D eigenvalue weighted by Gasteiger charge is -2.11. The first-order chi connectivity index (χ1) is 8.06. The van der Waals surface area contributed by atoms with Crippen LogP contribution in [0.15, 0.2) is 11.4 Å². The van der Waals surface area contributed by atoms with Gasteiger partial charge in [-0.2, -0.15) is 5.26 Å². The Bertz CT molecular complexity index is 620. The fourth-order valence-corrected chi connectivity index (χ4v) is 2.88. The number of hydrogen-bond donors (Lipinski definition) is 1. The van der Waals surface area contributed by atoms with Gasteiger partial charge in [-0.15, -0.1) is 11.3 Å². The monoisotopic (exact) mass is 243 g/mol. The van der Waals surface area contributed by atoms with Crippen molar-refractivity contribution in [1.82, 2.24) is 4.98 Å². The maximum atomic E-state index is 9.24. The maximum Gasteiger partial charge on any atom is 0.142 e. The SMILES string of the molecule is Cc1ccsc1-c1c(C)c(C)nc(N)c1C#N. The molecule has 0 aromatic carbocycles. The molecular weight excluding hydrogens is 230 g/mol. The highest BCUT2D eigenvalue weighted by atomic mass is 32.1. The first-order valence-corrected chi connectivity index (χ1v) is 6.15. The first-order valence-electron chi connectivity index (χ1n) is 5.27. The number of nitrogens with zero attached hydrogens (tertiary/aromatic N) is 2. The van der Waals surface area contributed by atoms with Gasteiger partial charge in [0.15, 0.2) is 0 Å². The predicted molar refractivity (Wildman–Crippen MR) is 70.9 cm³/mol. The molecule has 0 unspecified atom stereocenters. The zero-order valence-corrected chi connectivity index (χ0v) is 10.9. The Balaban J connectivity index is 2.86. The van der Waals surface area contributed by atoms with Gasteiger partial charge in [-0.25, -0.2) is 4.98 Å². The normalized spacial score (nSPS) is 10.2. The molecule has 2 heterocycles. The second-order valence-corrected chi connectivity index (χ2v) is 4.92. The summed E-state index contributed by atoms with van der Waals surface area (Å²) in [5.74, 6) is 0.318. The summed E-state index contributed by atoms with van der Waals surface area (Å²) in [7, 11) is 0. The van der Waals surface area contributed by atoms with Crippen LogP contribution in [0.2, 0.25) is 0 Å². The van der Waals surface area contributed by atoms with Crippen LogP contribution >= 0.6 is 11.3 Å². The van der Waals surface area contributed by atoms with E-state index in [2.05, 4.69) is 11.1 Å². The van der Waals surface area contributed by atoms with Gasteiger partial charge in [-0.05, 0) is 43.3 Å². The molecule has 0 atom stereocenters. The van der Waals surface area contributed by atoms with E-state index in [1.807, 2.05) is 32.2 Å². The summed E-state index contributed by atoms with van der Waals surface area (Å²) in [6, 6.07) is 4.21. The molecule has 0 bridgehead atoms. The molecule has 2 aromatic rings. The maximum absolute atomic E-state index is 9.24. The summed E-state index contributed by atoms with van der Waals surface area (Å²) >= 11 is 1.63. The van der Waals surface area contributed by atoms with E-state index in [0.717, 1.165) is 21.7 Å². The predicted octanol–water partition coefficient (Wildman–Crippen LogP) is 3.19. The van der Waals surface area contributed by atoms with Crippen LogP contribution in [-0.2, 0) is 0 Å². The van der Waals surface area contributed by atoms with Gasteiger partial charge in [-0.3, -0.25) is 0 Å².